The second kappa shape index (κ2) is 4.37. The molecule has 0 bridgehead atoms. The summed E-state index contributed by atoms with van der Waals surface area (Å²) >= 11 is 5.79. The molecule has 5 heteroatoms. The molecule has 82 valence electrons. The van der Waals surface area contributed by atoms with Crippen LogP contribution in [0.5, 0.6) is 0 Å². The third-order valence-corrected chi connectivity index (χ3v) is 2.49. The molecule has 1 aromatic heterocycles. The predicted molar refractivity (Wildman–Crippen MR) is 65.8 cm³/mol. The molecule has 0 saturated carbocycles. The maximum Gasteiger partial charge on any atom is 0.221 e. The average Bonchev–Trinajstić information content (AvgIpc) is 2.60. The van der Waals surface area contributed by atoms with Crippen LogP contribution in [0.15, 0.2) is 24.3 Å². The van der Waals surface area contributed by atoms with Crippen LogP contribution >= 0.6 is 11.6 Å². The van der Waals surface area contributed by atoms with Crippen molar-refractivity contribution in [2.24, 2.45) is 7.05 Å². The number of aromatic nitrogens is 3. The monoisotopic (exact) mass is 234 g/mol. The highest BCUT2D eigenvalue weighted by atomic mass is 35.5. The molecular formula is C11H11ClN4. The van der Waals surface area contributed by atoms with E-state index in [0.29, 0.717) is 11.8 Å². The van der Waals surface area contributed by atoms with Gasteiger partial charge in [-0.3, -0.25) is 4.57 Å². The molecule has 0 aliphatic carbocycles. The van der Waals surface area contributed by atoms with Gasteiger partial charge in [0.05, 0.1) is 0 Å². The molecule has 0 aliphatic rings. The van der Waals surface area contributed by atoms with E-state index in [4.69, 9.17) is 17.3 Å². The van der Waals surface area contributed by atoms with Crippen LogP contribution < -0.4 is 5.73 Å². The van der Waals surface area contributed by atoms with Crippen molar-refractivity contribution in [3.8, 4) is 0 Å². The Hall–Kier alpha value is -1.81. The molecule has 4 nitrogen and oxygen atoms in total. The van der Waals surface area contributed by atoms with Gasteiger partial charge in [-0.25, -0.2) is 0 Å². The number of halogens is 1. The lowest BCUT2D eigenvalue weighted by molar-refractivity contribution is 0.909. The summed E-state index contributed by atoms with van der Waals surface area (Å²) in [4.78, 5) is 0. The average molecular weight is 235 g/mol. The highest BCUT2D eigenvalue weighted by Gasteiger charge is 2.00. The van der Waals surface area contributed by atoms with Gasteiger partial charge in [0, 0.05) is 12.1 Å². The molecule has 0 amide bonds. The Kier molecular flexibility index (Phi) is 2.92. The van der Waals surface area contributed by atoms with E-state index in [1.54, 1.807) is 4.57 Å². The second-order valence-electron chi connectivity index (χ2n) is 3.36. The number of hydrogen-bond acceptors (Lipinski definition) is 3. The summed E-state index contributed by atoms with van der Waals surface area (Å²) in [6, 6.07) is 7.54. The van der Waals surface area contributed by atoms with Gasteiger partial charge in [-0.15, -0.1) is 10.2 Å². The predicted octanol–water partition coefficient (Wildman–Crippen LogP) is 2.22. The van der Waals surface area contributed by atoms with E-state index in [1.807, 2.05) is 43.5 Å². The molecule has 0 fully saturated rings. The Balaban J connectivity index is 2.21. The van der Waals surface area contributed by atoms with E-state index in [9.17, 15) is 0 Å². The van der Waals surface area contributed by atoms with Gasteiger partial charge in [0.2, 0.25) is 5.95 Å². The largest absolute Gasteiger partial charge is 0.368 e. The maximum absolute atomic E-state index is 5.79. The third-order valence-electron chi connectivity index (χ3n) is 2.24. The Bertz CT molecular complexity index is 513. The van der Waals surface area contributed by atoms with Crippen molar-refractivity contribution < 1.29 is 0 Å². The van der Waals surface area contributed by atoms with Crippen molar-refractivity contribution in [3.05, 3.63) is 40.7 Å². The highest BCUT2D eigenvalue weighted by molar-refractivity contribution is 6.30. The Morgan fingerprint density at radius 3 is 2.44 bits per heavy atom. The number of anilines is 1. The third kappa shape index (κ3) is 2.23. The quantitative estimate of drug-likeness (QED) is 0.867. The van der Waals surface area contributed by atoms with E-state index in [2.05, 4.69) is 10.2 Å². The summed E-state index contributed by atoms with van der Waals surface area (Å²) in [5.41, 5.74) is 6.61. The van der Waals surface area contributed by atoms with Crippen LogP contribution in [0.3, 0.4) is 0 Å². The van der Waals surface area contributed by atoms with Crippen LogP contribution in [0, 0.1) is 0 Å². The first-order valence-electron chi connectivity index (χ1n) is 4.75. The van der Waals surface area contributed by atoms with Gasteiger partial charge in [-0.2, -0.15) is 0 Å². The smallest absolute Gasteiger partial charge is 0.221 e. The van der Waals surface area contributed by atoms with E-state index in [1.165, 1.54) is 0 Å². The number of nitrogen functional groups attached to an aromatic ring is 1. The van der Waals surface area contributed by atoms with Crippen molar-refractivity contribution in [1.82, 2.24) is 14.8 Å². The van der Waals surface area contributed by atoms with Gasteiger partial charge in [0.15, 0.2) is 5.82 Å². The van der Waals surface area contributed by atoms with Gasteiger partial charge in [0.25, 0.3) is 0 Å². The fraction of sp³-hybridized carbons (Fsp3) is 0.0909. The molecule has 2 N–H and O–H groups in total. The van der Waals surface area contributed by atoms with E-state index < -0.39 is 0 Å². The zero-order chi connectivity index (χ0) is 11.5. The zero-order valence-corrected chi connectivity index (χ0v) is 9.52. The van der Waals surface area contributed by atoms with Crippen molar-refractivity contribution >= 4 is 29.7 Å². The first kappa shape index (κ1) is 10.7. The molecule has 1 heterocycles. The first-order valence-corrected chi connectivity index (χ1v) is 5.13. The van der Waals surface area contributed by atoms with Crippen LogP contribution in [0.1, 0.15) is 11.4 Å². The van der Waals surface area contributed by atoms with Gasteiger partial charge in [-0.1, -0.05) is 29.8 Å². The molecule has 2 aromatic rings. The van der Waals surface area contributed by atoms with Crippen LogP contribution in [0.2, 0.25) is 5.02 Å². The number of nitrogens with zero attached hydrogens (tertiary/aromatic N) is 3. The number of nitrogens with two attached hydrogens (primary N) is 1. The lowest BCUT2D eigenvalue weighted by atomic mass is 10.2. The lowest BCUT2D eigenvalue weighted by Crippen LogP contribution is -1.98. The minimum Gasteiger partial charge on any atom is -0.368 e. The summed E-state index contributed by atoms with van der Waals surface area (Å²) in [6.07, 6.45) is 3.78. The van der Waals surface area contributed by atoms with Gasteiger partial charge in [0.1, 0.15) is 0 Å². The van der Waals surface area contributed by atoms with Gasteiger partial charge < -0.3 is 5.73 Å². The molecular weight excluding hydrogens is 224 g/mol. The number of hydrogen-bond donors (Lipinski definition) is 1. The van der Waals surface area contributed by atoms with E-state index in [0.717, 1.165) is 10.6 Å². The molecule has 2 rings (SSSR count). The molecule has 16 heavy (non-hydrogen) atoms. The topological polar surface area (TPSA) is 56.7 Å². The lowest BCUT2D eigenvalue weighted by Gasteiger charge is -1.95. The number of benzene rings is 1. The molecule has 0 unspecified atom stereocenters. The van der Waals surface area contributed by atoms with E-state index in [-0.39, 0.29) is 0 Å². The van der Waals surface area contributed by atoms with Crippen molar-refractivity contribution in [2.45, 2.75) is 0 Å². The van der Waals surface area contributed by atoms with Crippen LogP contribution in [0.25, 0.3) is 12.2 Å². The molecule has 0 atom stereocenters. The Morgan fingerprint density at radius 2 is 1.88 bits per heavy atom. The number of rotatable bonds is 2. The molecule has 0 aliphatic heterocycles. The molecule has 0 saturated heterocycles. The summed E-state index contributed by atoms with van der Waals surface area (Å²) < 4.78 is 1.71. The van der Waals surface area contributed by atoms with E-state index >= 15 is 0 Å². The Morgan fingerprint density at radius 1 is 1.19 bits per heavy atom. The van der Waals surface area contributed by atoms with Crippen LogP contribution in [-0.4, -0.2) is 14.8 Å². The standard InChI is InChI=1S/C11H11ClN4/c1-16-10(14-15-11(16)13)7-4-8-2-5-9(12)6-3-8/h2-7H,1H3,(H2,13,15)/b7-4+. The Labute approximate surface area is 98.4 Å². The summed E-state index contributed by atoms with van der Waals surface area (Å²) in [7, 11) is 1.82. The molecule has 1 aromatic carbocycles. The van der Waals surface area contributed by atoms with Gasteiger partial charge >= 0.3 is 0 Å². The van der Waals surface area contributed by atoms with Crippen LogP contribution in [-0.2, 0) is 7.05 Å². The van der Waals surface area contributed by atoms with Gasteiger partial charge in [-0.05, 0) is 23.8 Å². The second-order valence-corrected chi connectivity index (χ2v) is 3.80. The van der Waals surface area contributed by atoms with Crippen molar-refractivity contribution in [1.29, 1.82) is 0 Å². The van der Waals surface area contributed by atoms with Crippen molar-refractivity contribution in [2.75, 3.05) is 5.73 Å². The summed E-state index contributed by atoms with van der Waals surface area (Å²) in [6.45, 7) is 0. The normalized spacial score (nSPS) is 11.1. The maximum atomic E-state index is 5.79. The molecule has 0 spiro atoms. The minimum absolute atomic E-state index is 0.399. The minimum atomic E-state index is 0.399. The summed E-state index contributed by atoms with van der Waals surface area (Å²) in [5.74, 6) is 1.11. The SMILES string of the molecule is Cn1c(N)nnc1/C=C/c1ccc(Cl)cc1. The van der Waals surface area contributed by atoms with Crippen molar-refractivity contribution in [3.63, 3.8) is 0 Å². The highest BCUT2D eigenvalue weighted by Crippen LogP contribution is 2.12. The zero-order valence-electron chi connectivity index (χ0n) is 8.76. The fourth-order valence-electron chi connectivity index (χ4n) is 1.24. The fourth-order valence-corrected chi connectivity index (χ4v) is 1.37. The molecule has 0 radical (unpaired) electrons. The van der Waals surface area contributed by atoms with Crippen LogP contribution in [0.4, 0.5) is 5.95 Å². The first-order chi connectivity index (χ1) is 7.66. The summed E-state index contributed by atoms with van der Waals surface area (Å²) in [5, 5.41) is 8.41.